The molecule has 0 aliphatic heterocycles. The minimum Gasteiger partial charge on any atom is -0.493 e. The number of anilines is 2. The van der Waals surface area contributed by atoms with Gasteiger partial charge in [-0.05, 0) is 37.6 Å². The van der Waals surface area contributed by atoms with Gasteiger partial charge in [0.2, 0.25) is 5.95 Å². The van der Waals surface area contributed by atoms with Crippen LogP contribution < -0.4 is 20.1 Å². The molecule has 7 heteroatoms. The quantitative estimate of drug-likeness (QED) is 0.633. The van der Waals surface area contributed by atoms with Crippen LogP contribution in [0.2, 0.25) is 0 Å². The van der Waals surface area contributed by atoms with Crippen LogP contribution in [-0.4, -0.2) is 30.1 Å². The number of hydrogen-bond acceptors (Lipinski definition) is 6. The molecule has 7 nitrogen and oxygen atoms in total. The molecule has 0 saturated carbocycles. The van der Waals surface area contributed by atoms with Crippen LogP contribution in [0.25, 0.3) is 0 Å². The summed E-state index contributed by atoms with van der Waals surface area (Å²) < 4.78 is 10.5. The molecular weight excluding hydrogens is 368 g/mol. The standard InChI is InChI=1S/C22H24N4O3/c1-14-6-5-7-16(10-14)13-23-22-24-15(2)11-18(26-22)21(27)25-17-8-9-19(28-3)20(12-17)29-4/h5-12H,13H2,1-4H3,(H,25,27)(H,23,24,26). The third kappa shape index (κ3) is 5.22. The van der Waals surface area contributed by atoms with Gasteiger partial charge in [-0.3, -0.25) is 4.79 Å². The smallest absolute Gasteiger partial charge is 0.274 e. The van der Waals surface area contributed by atoms with Crippen molar-refractivity contribution in [3.05, 3.63) is 71.0 Å². The molecule has 29 heavy (non-hydrogen) atoms. The molecule has 0 spiro atoms. The molecule has 2 N–H and O–H groups in total. The average Bonchev–Trinajstić information content (AvgIpc) is 2.71. The highest BCUT2D eigenvalue weighted by molar-refractivity contribution is 6.03. The summed E-state index contributed by atoms with van der Waals surface area (Å²) in [5.41, 5.74) is 3.86. The van der Waals surface area contributed by atoms with E-state index in [2.05, 4.69) is 26.7 Å². The predicted molar refractivity (Wildman–Crippen MR) is 113 cm³/mol. The minimum atomic E-state index is -0.332. The first-order chi connectivity index (χ1) is 14.0. The van der Waals surface area contributed by atoms with Gasteiger partial charge in [0.15, 0.2) is 11.5 Å². The van der Waals surface area contributed by atoms with Gasteiger partial charge in [0, 0.05) is 24.0 Å². The minimum absolute atomic E-state index is 0.277. The van der Waals surface area contributed by atoms with Crippen molar-refractivity contribution >= 4 is 17.5 Å². The van der Waals surface area contributed by atoms with E-state index >= 15 is 0 Å². The Kier molecular flexibility index (Phi) is 6.29. The Morgan fingerprint density at radius 1 is 0.966 bits per heavy atom. The fourth-order valence-corrected chi connectivity index (χ4v) is 2.88. The van der Waals surface area contributed by atoms with Crippen molar-refractivity contribution in [2.45, 2.75) is 20.4 Å². The van der Waals surface area contributed by atoms with E-state index < -0.39 is 0 Å². The van der Waals surface area contributed by atoms with Crippen molar-refractivity contribution in [2.24, 2.45) is 0 Å². The highest BCUT2D eigenvalue weighted by Gasteiger charge is 2.13. The zero-order valence-corrected chi connectivity index (χ0v) is 16.9. The number of nitrogens with zero attached hydrogens (tertiary/aromatic N) is 2. The molecule has 3 rings (SSSR count). The summed E-state index contributed by atoms with van der Waals surface area (Å²) in [7, 11) is 3.11. The summed E-state index contributed by atoms with van der Waals surface area (Å²) >= 11 is 0. The molecule has 0 bridgehead atoms. The topological polar surface area (TPSA) is 85.4 Å². The lowest BCUT2D eigenvalue weighted by Crippen LogP contribution is -2.16. The summed E-state index contributed by atoms with van der Waals surface area (Å²) in [6, 6.07) is 15.0. The lowest BCUT2D eigenvalue weighted by Gasteiger charge is -2.11. The Bertz CT molecular complexity index is 1020. The number of rotatable bonds is 7. The fraction of sp³-hybridized carbons (Fsp3) is 0.227. The first kappa shape index (κ1) is 20.1. The first-order valence-corrected chi connectivity index (χ1v) is 9.17. The van der Waals surface area contributed by atoms with Crippen molar-refractivity contribution in [1.82, 2.24) is 9.97 Å². The highest BCUT2D eigenvalue weighted by Crippen LogP contribution is 2.29. The Balaban J connectivity index is 1.74. The van der Waals surface area contributed by atoms with Crippen molar-refractivity contribution in [3.8, 4) is 11.5 Å². The van der Waals surface area contributed by atoms with E-state index in [1.807, 2.05) is 32.0 Å². The van der Waals surface area contributed by atoms with Gasteiger partial charge in [-0.1, -0.05) is 29.8 Å². The van der Waals surface area contributed by atoms with Gasteiger partial charge < -0.3 is 20.1 Å². The molecule has 0 atom stereocenters. The zero-order chi connectivity index (χ0) is 20.8. The molecular formula is C22H24N4O3. The number of hydrogen-bond donors (Lipinski definition) is 2. The SMILES string of the molecule is COc1ccc(NC(=O)c2cc(C)nc(NCc3cccc(C)c3)n2)cc1OC. The van der Waals surface area contributed by atoms with Gasteiger partial charge in [0.25, 0.3) is 5.91 Å². The van der Waals surface area contributed by atoms with E-state index in [9.17, 15) is 4.79 Å². The molecule has 0 unspecified atom stereocenters. The number of nitrogens with one attached hydrogen (secondary N) is 2. The number of amides is 1. The third-order valence-corrected chi connectivity index (χ3v) is 4.26. The lowest BCUT2D eigenvalue weighted by molar-refractivity contribution is 0.102. The number of aryl methyl sites for hydroxylation is 2. The van der Waals surface area contributed by atoms with E-state index in [4.69, 9.17) is 9.47 Å². The summed E-state index contributed by atoms with van der Waals surface area (Å²) in [5.74, 6) is 1.20. The van der Waals surface area contributed by atoms with Gasteiger partial charge >= 0.3 is 0 Å². The van der Waals surface area contributed by atoms with Crippen molar-refractivity contribution in [2.75, 3.05) is 24.9 Å². The second-order valence-corrected chi connectivity index (χ2v) is 6.58. The highest BCUT2D eigenvalue weighted by atomic mass is 16.5. The molecule has 1 aromatic heterocycles. The van der Waals surface area contributed by atoms with Gasteiger partial charge in [-0.25, -0.2) is 9.97 Å². The molecule has 0 radical (unpaired) electrons. The maximum absolute atomic E-state index is 12.7. The zero-order valence-electron chi connectivity index (χ0n) is 16.9. The first-order valence-electron chi connectivity index (χ1n) is 9.17. The monoisotopic (exact) mass is 392 g/mol. The summed E-state index contributed by atoms with van der Waals surface area (Å²) in [4.78, 5) is 21.4. The van der Waals surface area contributed by atoms with Crippen LogP contribution >= 0.6 is 0 Å². The molecule has 2 aromatic carbocycles. The molecule has 150 valence electrons. The van der Waals surface area contributed by atoms with Gasteiger partial charge in [0.05, 0.1) is 14.2 Å². The van der Waals surface area contributed by atoms with Crippen LogP contribution in [-0.2, 0) is 6.54 Å². The fourth-order valence-electron chi connectivity index (χ4n) is 2.88. The van der Waals surface area contributed by atoms with E-state index in [1.165, 1.54) is 5.56 Å². The Hall–Kier alpha value is -3.61. The Labute approximate surface area is 170 Å². The lowest BCUT2D eigenvalue weighted by atomic mass is 10.1. The largest absolute Gasteiger partial charge is 0.493 e. The van der Waals surface area contributed by atoms with Gasteiger partial charge in [-0.15, -0.1) is 0 Å². The van der Waals surface area contributed by atoms with Crippen LogP contribution in [0.4, 0.5) is 11.6 Å². The number of methoxy groups -OCH3 is 2. The normalized spacial score (nSPS) is 10.3. The van der Waals surface area contributed by atoms with Gasteiger partial charge in [0.1, 0.15) is 5.69 Å². The maximum Gasteiger partial charge on any atom is 0.274 e. The number of carbonyl (C=O) groups is 1. The Morgan fingerprint density at radius 2 is 1.76 bits per heavy atom. The second-order valence-electron chi connectivity index (χ2n) is 6.58. The summed E-state index contributed by atoms with van der Waals surface area (Å²) in [5, 5.41) is 6.01. The summed E-state index contributed by atoms with van der Waals surface area (Å²) in [6.07, 6.45) is 0. The average molecular weight is 392 g/mol. The molecule has 3 aromatic rings. The van der Waals surface area contributed by atoms with Crippen molar-refractivity contribution in [1.29, 1.82) is 0 Å². The van der Waals surface area contributed by atoms with E-state index in [-0.39, 0.29) is 11.6 Å². The predicted octanol–water partition coefficient (Wildman–Crippen LogP) is 3.98. The van der Waals surface area contributed by atoms with E-state index in [1.54, 1.807) is 38.5 Å². The maximum atomic E-state index is 12.7. The van der Waals surface area contributed by atoms with Crippen LogP contribution in [0, 0.1) is 13.8 Å². The molecule has 1 heterocycles. The third-order valence-electron chi connectivity index (χ3n) is 4.26. The molecule has 1 amide bonds. The van der Waals surface area contributed by atoms with Crippen molar-refractivity contribution < 1.29 is 14.3 Å². The number of benzene rings is 2. The molecule has 0 aliphatic carbocycles. The van der Waals surface area contributed by atoms with E-state index in [0.29, 0.717) is 35.4 Å². The van der Waals surface area contributed by atoms with E-state index in [0.717, 1.165) is 5.56 Å². The number of ether oxygens (including phenoxy) is 2. The second kappa shape index (κ2) is 9.05. The summed E-state index contributed by atoms with van der Waals surface area (Å²) in [6.45, 7) is 4.44. The number of aromatic nitrogens is 2. The molecule has 0 aliphatic rings. The van der Waals surface area contributed by atoms with Crippen LogP contribution in [0.15, 0.2) is 48.5 Å². The van der Waals surface area contributed by atoms with Crippen LogP contribution in [0.3, 0.4) is 0 Å². The van der Waals surface area contributed by atoms with Crippen LogP contribution in [0.1, 0.15) is 27.3 Å². The Morgan fingerprint density at radius 3 is 2.48 bits per heavy atom. The van der Waals surface area contributed by atoms with Crippen LogP contribution in [0.5, 0.6) is 11.5 Å². The molecule has 0 saturated heterocycles. The van der Waals surface area contributed by atoms with Crippen molar-refractivity contribution in [3.63, 3.8) is 0 Å². The number of carbonyl (C=O) groups excluding carboxylic acids is 1. The molecule has 0 fully saturated rings. The van der Waals surface area contributed by atoms with Gasteiger partial charge in [-0.2, -0.15) is 0 Å².